The van der Waals surface area contributed by atoms with E-state index in [4.69, 9.17) is 0 Å². The molecule has 17 heavy (non-hydrogen) atoms. The molecule has 1 aromatic heterocycles. The van der Waals surface area contributed by atoms with Gasteiger partial charge in [-0.2, -0.15) is 0 Å². The van der Waals surface area contributed by atoms with Gasteiger partial charge < -0.3 is 5.32 Å². The summed E-state index contributed by atoms with van der Waals surface area (Å²) in [4.78, 5) is 4.08. The highest BCUT2D eigenvalue weighted by Gasteiger charge is 2.21. The van der Waals surface area contributed by atoms with Crippen LogP contribution in [0.3, 0.4) is 0 Å². The molecule has 2 nitrogen and oxygen atoms in total. The van der Waals surface area contributed by atoms with Crippen LogP contribution in [0.4, 0.5) is 14.6 Å². The van der Waals surface area contributed by atoms with Crippen LogP contribution in [0.15, 0.2) is 16.7 Å². The van der Waals surface area contributed by atoms with E-state index in [9.17, 15) is 8.78 Å². The number of nitrogens with one attached hydrogen (secondary N) is 1. The van der Waals surface area contributed by atoms with Gasteiger partial charge in [0, 0.05) is 22.3 Å². The van der Waals surface area contributed by atoms with E-state index in [-0.39, 0.29) is 17.0 Å². The number of aromatic nitrogens is 1. The zero-order valence-corrected chi connectivity index (χ0v) is 12.0. The predicted molar refractivity (Wildman–Crippen MR) is 69.4 cm³/mol. The Morgan fingerprint density at radius 2 is 1.94 bits per heavy atom. The lowest BCUT2D eigenvalue weighted by Gasteiger charge is -2.28. The first kappa shape index (κ1) is 14.4. The van der Waals surface area contributed by atoms with Crippen molar-refractivity contribution in [1.82, 2.24) is 4.98 Å². The van der Waals surface area contributed by atoms with Crippen LogP contribution in [0.1, 0.15) is 39.7 Å². The van der Waals surface area contributed by atoms with Gasteiger partial charge in [0.05, 0.1) is 0 Å². The van der Waals surface area contributed by atoms with E-state index >= 15 is 0 Å². The fourth-order valence-electron chi connectivity index (χ4n) is 1.14. The average molecular weight is 307 g/mol. The summed E-state index contributed by atoms with van der Waals surface area (Å²) in [6, 6.07) is 1.53. The number of rotatable bonds is 3. The van der Waals surface area contributed by atoms with E-state index in [2.05, 4.69) is 47.0 Å². The Morgan fingerprint density at radius 3 is 2.41 bits per heavy atom. The lowest BCUT2D eigenvalue weighted by molar-refractivity contribution is 0.150. The van der Waals surface area contributed by atoms with E-state index in [0.29, 0.717) is 10.3 Å². The maximum Gasteiger partial charge on any atom is 0.265 e. The van der Waals surface area contributed by atoms with Crippen molar-refractivity contribution in [2.45, 2.75) is 40.2 Å². The van der Waals surface area contributed by atoms with E-state index in [1.54, 1.807) is 0 Å². The summed E-state index contributed by atoms with van der Waals surface area (Å²) >= 11 is 3.07. The molecule has 0 aliphatic rings. The Balaban J connectivity index is 2.90. The van der Waals surface area contributed by atoms with E-state index < -0.39 is 6.43 Å². The van der Waals surface area contributed by atoms with E-state index in [1.165, 1.54) is 12.3 Å². The smallest absolute Gasteiger partial charge is 0.265 e. The third-order valence-corrected chi connectivity index (χ3v) is 3.45. The quantitative estimate of drug-likeness (QED) is 0.881. The molecule has 0 amide bonds. The zero-order chi connectivity index (χ0) is 13.2. The number of pyridine rings is 1. The van der Waals surface area contributed by atoms with Gasteiger partial charge in [-0.25, -0.2) is 13.8 Å². The topological polar surface area (TPSA) is 24.9 Å². The molecule has 0 saturated heterocycles. The van der Waals surface area contributed by atoms with Crippen LogP contribution in [0.2, 0.25) is 0 Å². The lowest BCUT2D eigenvalue weighted by Crippen LogP contribution is -2.31. The Labute approximate surface area is 109 Å². The van der Waals surface area contributed by atoms with Crippen LogP contribution in [0.5, 0.6) is 0 Å². The summed E-state index contributed by atoms with van der Waals surface area (Å²) in [6.07, 6.45) is -1.10. The van der Waals surface area contributed by atoms with Gasteiger partial charge in [0.25, 0.3) is 6.43 Å². The molecule has 1 heterocycles. The van der Waals surface area contributed by atoms with Crippen molar-refractivity contribution in [3.63, 3.8) is 0 Å². The molecular weight excluding hydrogens is 290 g/mol. The highest BCUT2D eigenvalue weighted by Crippen LogP contribution is 2.29. The maximum absolute atomic E-state index is 12.7. The van der Waals surface area contributed by atoms with Gasteiger partial charge in [-0.3, -0.25) is 0 Å². The van der Waals surface area contributed by atoms with Crippen molar-refractivity contribution >= 4 is 21.7 Å². The fraction of sp³-hybridized carbons (Fsp3) is 0.583. The Morgan fingerprint density at radius 1 is 1.35 bits per heavy atom. The van der Waals surface area contributed by atoms with Crippen molar-refractivity contribution in [2.24, 2.45) is 5.41 Å². The van der Waals surface area contributed by atoms with Crippen LogP contribution in [-0.2, 0) is 0 Å². The minimum atomic E-state index is -2.50. The summed E-state index contributed by atoms with van der Waals surface area (Å²) in [7, 11) is 0. The molecule has 1 atom stereocenters. The minimum Gasteiger partial charge on any atom is -0.367 e. The standard InChI is InChI=1S/C12H17BrF2N2/c1-7(12(2,3)4)17-10-5-8(11(14)15)9(13)6-16-10/h5-7,11H,1-4H3,(H,16,17). The molecule has 0 aromatic carbocycles. The van der Waals surface area contributed by atoms with Gasteiger partial charge in [-0.05, 0) is 34.3 Å². The van der Waals surface area contributed by atoms with Crippen molar-refractivity contribution < 1.29 is 8.78 Å². The van der Waals surface area contributed by atoms with Gasteiger partial charge in [0.2, 0.25) is 0 Å². The molecule has 1 unspecified atom stereocenters. The number of anilines is 1. The maximum atomic E-state index is 12.7. The first-order valence-corrected chi connectivity index (χ1v) is 6.21. The molecule has 0 aliphatic carbocycles. The summed E-state index contributed by atoms with van der Waals surface area (Å²) in [5, 5.41) is 3.14. The first-order valence-electron chi connectivity index (χ1n) is 5.42. The fourth-order valence-corrected chi connectivity index (χ4v) is 1.53. The van der Waals surface area contributed by atoms with Crippen molar-refractivity contribution in [3.8, 4) is 0 Å². The molecule has 1 N–H and O–H groups in total. The zero-order valence-electron chi connectivity index (χ0n) is 10.4. The minimum absolute atomic E-state index is 0.0383. The first-order chi connectivity index (χ1) is 7.71. The number of alkyl halides is 2. The number of hydrogen-bond acceptors (Lipinski definition) is 2. The molecule has 5 heteroatoms. The number of hydrogen-bond donors (Lipinski definition) is 1. The van der Waals surface area contributed by atoms with Crippen LogP contribution in [0.25, 0.3) is 0 Å². The van der Waals surface area contributed by atoms with Gasteiger partial charge in [-0.1, -0.05) is 20.8 Å². The van der Waals surface area contributed by atoms with Gasteiger partial charge in [-0.15, -0.1) is 0 Å². The molecule has 0 aliphatic heterocycles. The van der Waals surface area contributed by atoms with E-state index in [0.717, 1.165) is 0 Å². The van der Waals surface area contributed by atoms with Crippen LogP contribution in [0, 0.1) is 5.41 Å². The SMILES string of the molecule is CC(Nc1cc(C(F)F)c(Br)cn1)C(C)(C)C. The van der Waals surface area contributed by atoms with Crippen molar-refractivity contribution in [1.29, 1.82) is 0 Å². The Kier molecular flexibility index (Phi) is 4.47. The molecule has 1 rings (SSSR count). The highest BCUT2D eigenvalue weighted by molar-refractivity contribution is 9.10. The Hall–Kier alpha value is -0.710. The third kappa shape index (κ3) is 3.91. The molecular formula is C12H17BrF2N2. The normalized spacial score (nSPS) is 13.9. The van der Waals surface area contributed by atoms with Crippen molar-refractivity contribution in [2.75, 3.05) is 5.32 Å². The molecule has 96 valence electrons. The summed E-state index contributed by atoms with van der Waals surface area (Å²) in [5.41, 5.74) is 0.00309. The van der Waals surface area contributed by atoms with Crippen LogP contribution < -0.4 is 5.32 Å². The molecule has 0 bridgehead atoms. The number of nitrogens with zero attached hydrogens (tertiary/aromatic N) is 1. The van der Waals surface area contributed by atoms with Gasteiger partial charge in [0.15, 0.2) is 0 Å². The second kappa shape index (κ2) is 5.29. The predicted octanol–water partition coefficient (Wildman–Crippen LogP) is 4.63. The molecule has 1 aromatic rings. The summed E-state index contributed by atoms with van der Waals surface area (Å²) in [6.45, 7) is 8.25. The highest BCUT2D eigenvalue weighted by atomic mass is 79.9. The van der Waals surface area contributed by atoms with Gasteiger partial charge in [0.1, 0.15) is 5.82 Å². The monoisotopic (exact) mass is 306 g/mol. The van der Waals surface area contributed by atoms with Crippen molar-refractivity contribution in [3.05, 3.63) is 22.3 Å². The molecule has 0 spiro atoms. The average Bonchev–Trinajstić information content (AvgIpc) is 2.19. The summed E-state index contributed by atoms with van der Waals surface area (Å²) < 4.78 is 25.7. The van der Waals surface area contributed by atoms with Crippen LogP contribution >= 0.6 is 15.9 Å². The lowest BCUT2D eigenvalue weighted by atomic mass is 9.88. The molecule has 0 saturated carbocycles. The molecule has 0 radical (unpaired) electrons. The third-order valence-electron chi connectivity index (χ3n) is 2.78. The number of halogens is 3. The Bertz CT molecular complexity index is 389. The van der Waals surface area contributed by atoms with E-state index in [1.807, 2.05) is 6.92 Å². The van der Waals surface area contributed by atoms with Crippen LogP contribution in [-0.4, -0.2) is 11.0 Å². The van der Waals surface area contributed by atoms with Gasteiger partial charge >= 0.3 is 0 Å². The second-order valence-electron chi connectivity index (χ2n) is 5.12. The second-order valence-corrected chi connectivity index (χ2v) is 5.98. The molecule has 0 fully saturated rings. The largest absolute Gasteiger partial charge is 0.367 e. The summed E-state index contributed by atoms with van der Waals surface area (Å²) in [5.74, 6) is 0.478.